The van der Waals surface area contributed by atoms with Crippen molar-refractivity contribution in [2.75, 3.05) is 26.3 Å². The topological polar surface area (TPSA) is 72.9 Å². The molecule has 1 aliphatic heterocycles. The van der Waals surface area contributed by atoms with E-state index in [-0.39, 0.29) is 31.2 Å². The van der Waals surface area contributed by atoms with E-state index in [0.29, 0.717) is 5.31 Å². The fourth-order valence-corrected chi connectivity index (χ4v) is 5.49. The lowest BCUT2D eigenvalue weighted by atomic mass is 10.2. The van der Waals surface area contributed by atoms with E-state index in [0.717, 1.165) is 5.56 Å². The van der Waals surface area contributed by atoms with Crippen LogP contribution in [0.5, 0.6) is 0 Å². The molecule has 0 bridgehead atoms. The zero-order valence-electron chi connectivity index (χ0n) is 13.6. The normalized spacial score (nSPS) is 16.6. The Morgan fingerprint density at radius 2 is 1.70 bits per heavy atom. The molecule has 0 atom stereocenters. The highest BCUT2D eigenvalue weighted by Gasteiger charge is 2.37. The van der Waals surface area contributed by atoms with Gasteiger partial charge in [-0.3, -0.25) is 4.57 Å². The van der Waals surface area contributed by atoms with Gasteiger partial charge in [-0.1, -0.05) is 23.8 Å². The first-order valence-corrected chi connectivity index (χ1v) is 10.5. The molecule has 6 nitrogen and oxygen atoms in total. The maximum Gasteiger partial charge on any atom is 0.358 e. The Kier molecular flexibility index (Phi) is 5.81. The number of sulfonamides is 1. The second-order valence-electron chi connectivity index (χ2n) is 5.14. The smallest absolute Gasteiger partial charge is 0.306 e. The zero-order valence-corrected chi connectivity index (χ0v) is 15.3. The molecule has 128 valence electrons. The zero-order chi connectivity index (χ0) is 17.1. The standard InChI is InChI=1S/C15H22NO5PS/c1-4-20-22(17,21-5-2)14-10-11-16(12-14)23(18,19)15-8-6-13(3)7-9-15/h6-10H,4-5,11-12H2,1-3H3. The largest absolute Gasteiger partial charge is 0.358 e. The molecule has 1 aromatic carbocycles. The minimum absolute atomic E-state index is 0.0213. The van der Waals surface area contributed by atoms with Gasteiger partial charge in [0, 0.05) is 13.1 Å². The summed E-state index contributed by atoms with van der Waals surface area (Å²) in [6.07, 6.45) is 1.62. The summed E-state index contributed by atoms with van der Waals surface area (Å²) >= 11 is 0. The predicted molar refractivity (Wildman–Crippen MR) is 88.9 cm³/mol. The van der Waals surface area contributed by atoms with Crippen molar-refractivity contribution in [3.8, 4) is 0 Å². The molecule has 0 radical (unpaired) electrons. The van der Waals surface area contributed by atoms with Crippen LogP contribution < -0.4 is 0 Å². The van der Waals surface area contributed by atoms with Crippen LogP contribution in [0, 0.1) is 6.92 Å². The van der Waals surface area contributed by atoms with Crippen LogP contribution in [0.25, 0.3) is 0 Å². The Labute approximate surface area is 137 Å². The summed E-state index contributed by atoms with van der Waals surface area (Å²) < 4.78 is 49.9. The van der Waals surface area contributed by atoms with Crippen molar-refractivity contribution in [3.63, 3.8) is 0 Å². The molecule has 0 saturated carbocycles. The Hall–Kier alpha value is -0.980. The third-order valence-corrected chi connectivity index (χ3v) is 7.53. The Balaban J connectivity index is 2.20. The van der Waals surface area contributed by atoms with Gasteiger partial charge in [-0.05, 0) is 32.9 Å². The van der Waals surface area contributed by atoms with Crippen LogP contribution in [0.2, 0.25) is 0 Å². The lowest BCUT2D eigenvalue weighted by Crippen LogP contribution is -2.29. The molecule has 0 unspecified atom stereocenters. The van der Waals surface area contributed by atoms with Crippen LogP contribution in [0.15, 0.2) is 40.6 Å². The Morgan fingerprint density at radius 3 is 2.22 bits per heavy atom. The third-order valence-electron chi connectivity index (χ3n) is 3.48. The van der Waals surface area contributed by atoms with E-state index in [2.05, 4.69) is 0 Å². The molecule has 8 heteroatoms. The molecule has 2 rings (SSSR count). The summed E-state index contributed by atoms with van der Waals surface area (Å²) in [6.45, 7) is 6.00. The molecule has 0 saturated heterocycles. The van der Waals surface area contributed by atoms with Gasteiger partial charge in [-0.15, -0.1) is 0 Å². The van der Waals surface area contributed by atoms with E-state index < -0.39 is 17.6 Å². The fraction of sp³-hybridized carbons (Fsp3) is 0.467. The summed E-state index contributed by atoms with van der Waals surface area (Å²) in [7, 11) is -7.05. The summed E-state index contributed by atoms with van der Waals surface area (Å²) in [6, 6.07) is 6.66. The van der Waals surface area contributed by atoms with Crippen LogP contribution in [-0.2, 0) is 23.6 Å². The number of hydrogen-bond donors (Lipinski definition) is 0. The van der Waals surface area contributed by atoms with E-state index in [9.17, 15) is 13.0 Å². The van der Waals surface area contributed by atoms with E-state index in [4.69, 9.17) is 9.05 Å². The Morgan fingerprint density at radius 1 is 1.13 bits per heavy atom. The van der Waals surface area contributed by atoms with Gasteiger partial charge in [-0.25, -0.2) is 8.42 Å². The van der Waals surface area contributed by atoms with Crippen LogP contribution in [0.1, 0.15) is 19.4 Å². The minimum Gasteiger partial charge on any atom is -0.306 e. The van der Waals surface area contributed by atoms with Gasteiger partial charge in [0.1, 0.15) is 0 Å². The molecule has 0 N–H and O–H groups in total. The van der Waals surface area contributed by atoms with Crippen LogP contribution in [0.4, 0.5) is 0 Å². The molecule has 0 aliphatic carbocycles. The second kappa shape index (κ2) is 7.28. The van der Waals surface area contributed by atoms with Gasteiger partial charge >= 0.3 is 7.60 Å². The lowest BCUT2D eigenvalue weighted by Gasteiger charge is -2.20. The van der Waals surface area contributed by atoms with Crippen molar-refractivity contribution in [1.29, 1.82) is 0 Å². The molecular weight excluding hydrogens is 337 g/mol. The first-order chi connectivity index (χ1) is 10.8. The molecule has 0 aromatic heterocycles. The average molecular weight is 359 g/mol. The van der Waals surface area contributed by atoms with Gasteiger partial charge in [0.2, 0.25) is 10.0 Å². The molecular formula is C15H22NO5PS. The molecule has 23 heavy (non-hydrogen) atoms. The molecule has 1 aliphatic rings. The summed E-state index contributed by atoms with van der Waals surface area (Å²) in [4.78, 5) is 0.223. The number of rotatable bonds is 7. The Bertz CT molecular complexity index is 717. The van der Waals surface area contributed by atoms with Gasteiger partial charge in [0.05, 0.1) is 23.4 Å². The van der Waals surface area contributed by atoms with E-state index in [1.165, 1.54) is 4.31 Å². The number of nitrogens with zero attached hydrogens (tertiary/aromatic N) is 1. The van der Waals surface area contributed by atoms with Crippen LogP contribution in [-0.4, -0.2) is 39.0 Å². The van der Waals surface area contributed by atoms with Crippen molar-refractivity contribution in [3.05, 3.63) is 41.2 Å². The van der Waals surface area contributed by atoms with Crippen molar-refractivity contribution in [2.45, 2.75) is 25.7 Å². The molecule has 1 heterocycles. The second-order valence-corrected chi connectivity index (χ2v) is 9.16. The maximum atomic E-state index is 12.7. The first-order valence-electron chi connectivity index (χ1n) is 7.49. The van der Waals surface area contributed by atoms with Crippen molar-refractivity contribution < 1.29 is 22.0 Å². The number of hydrogen-bond acceptors (Lipinski definition) is 5. The molecule has 0 spiro atoms. The quantitative estimate of drug-likeness (QED) is 0.699. The third kappa shape index (κ3) is 3.92. The van der Waals surface area contributed by atoms with Gasteiger partial charge in [0.15, 0.2) is 0 Å². The van der Waals surface area contributed by atoms with Gasteiger partial charge < -0.3 is 9.05 Å². The SMILES string of the molecule is CCOP(=O)(OCC)C1=CCN(S(=O)(=O)c2ccc(C)cc2)C1. The molecule has 1 aromatic rings. The minimum atomic E-state index is -3.63. The van der Waals surface area contributed by atoms with Crippen molar-refractivity contribution in [1.82, 2.24) is 4.31 Å². The number of aryl methyl sites for hydroxylation is 1. The first kappa shape index (κ1) is 18.4. The van der Waals surface area contributed by atoms with E-state index >= 15 is 0 Å². The highest BCUT2D eigenvalue weighted by Crippen LogP contribution is 2.57. The van der Waals surface area contributed by atoms with E-state index in [1.807, 2.05) is 6.92 Å². The van der Waals surface area contributed by atoms with Gasteiger partial charge in [-0.2, -0.15) is 4.31 Å². The number of benzene rings is 1. The van der Waals surface area contributed by atoms with Crippen LogP contribution in [0.3, 0.4) is 0 Å². The summed E-state index contributed by atoms with van der Waals surface area (Å²) in [5.74, 6) is 0. The van der Waals surface area contributed by atoms with Gasteiger partial charge in [0.25, 0.3) is 0 Å². The lowest BCUT2D eigenvalue weighted by molar-refractivity contribution is 0.225. The van der Waals surface area contributed by atoms with Crippen LogP contribution >= 0.6 is 7.60 Å². The van der Waals surface area contributed by atoms with Crippen molar-refractivity contribution in [2.24, 2.45) is 0 Å². The highest BCUT2D eigenvalue weighted by molar-refractivity contribution is 7.89. The summed E-state index contributed by atoms with van der Waals surface area (Å²) in [5.41, 5.74) is 0.987. The maximum absolute atomic E-state index is 12.7. The average Bonchev–Trinajstić information content (AvgIpc) is 2.99. The highest BCUT2D eigenvalue weighted by atomic mass is 32.2. The fourth-order valence-electron chi connectivity index (χ4n) is 2.30. The monoisotopic (exact) mass is 359 g/mol. The molecule has 0 amide bonds. The van der Waals surface area contributed by atoms with E-state index in [1.54, 1.807) is 44.2 Å². The molecule has 0 fully saturated rings. The van der Waals surface area contributed by atoms with Crippen molar-refractivity contribution >= 4 is 17.6 Å². The summed E-state index contributed by atoms with van der Waals surface area (Å²) in [5, 5.41) is 0.400. The predicted octanol–water partition coefficient (Wildman–Crippen LogP) is 3.15.